The van der Waals surface area contributed by atoms with Gasteiger partial charge in [0.15, 0.2) is 0 Å². The van der Waals surface area contributed by atoms with Gasteiger partial charge < -0.3 is 5.32 Å². The van der Waals surface area contributed by atoms with Crippen LogP contribution in [-0.4, -0.2) is 36.3 Å². The number of amides is 2. The van der Waals surface area contributed by atoms with Crippen LogP contribution in [0.2, 0.25) is 0 Å². The zero-order valence-corrected chi connectivity index (χ0v) is 9.80. The Kier molecular flexibility index (Phi) is 3.85. The van der Waals surface area contributed by atoms with Crippen molar-refractivity contribution in [3.63, 3.8) is 0 Å². The molecule has 0 saturated carbocycles. The van der Waals surface area contributed by atoms with Gasteiger partial charge in [-0.3, -0.25) is 14.5 Å². The van der Waals surface area contributed by atoms with Crippen molar-refractivity contribution in [3.8, 4) is 0 Å². The summed E-state index contributed by atoms with van der Waals surface area (Å²) in [4.78, 5) is 24.7. The molecule has 1 aliphatic heterocycles. The molecule has 1 rings (SSSR count). The van der Waals surface area contributed by atoms with Crippen molar-refractivity contribution in [2.24, 2.45) is 5.41 Å². The number of carbonyl (C=O) groups excluding carboxylic acids is 2. The van der Waals surface area contributed by atoms with Crippen molar-refractivity contribution in [2.45, 2.75) is 33.6 Å². The molecule has 0 aromatic heterocycles. The van der Waals surface area contributed by atoms with Gasteiger partial charge in [0.1, 0.15) is 0 Å². The van der Waals surface area contributed by atoms with Crippen molar-refractivity contribution in [2.75, 3.05) is 19.6 Å². The normalized spacial score (nSPS) is 20.1. The molecule has 4 nitrogen and oxygen atoms in total. The summed E-state index contributed by atoms with van der Waals surface area (Å²) in [5, 5.41) is 3.18. The first-order valence-electron chi connectivity index (χ1n) is 5.54. The van der Waals surface area contributed by atoms with Crippen LogP contribution in [0, 0.1) is 5.41 Å². The van der Waals surface area contributed by atoms with Crippen LogP contribution in [0.5, 0.6) is 0 Å². The predicted molar refractivity (Wildman–Crippen MR) is 58.3 cm³/mol. The molecular formula is C11H20N2O2. The Labute approximate surface area is 91.0 Å². The lowest BCUT2D eigenvalue weighted by Gasteiger charge is -2.17. The van der Waals surface area contributed by atoms with E-state index in [1.165, 1.54) is 4.90 Å². The van der Waals surface area contributed by atoms with Crippen LogP contribution in [-0.2, 0) is 9.59 Å². The van der Waals surface area contributed by atoms with E-state index >= 15 is 0 Å². The first-order chi connectivity index (χ1) is 6.99. The van der Waals surface area contributed by atoms with Crippen LogP contribution in [0.1, 0.15) is 33.6 Å². The lowest BCUT2D eigenvalue weighted by Crippen LogP contribution is -2.38. The van der Waals surface area contributed by atoms with E-state index in [1.807, 2.05) is 13.8 Å². The molecule has 0 atom stereocenters. The summed E-state index contributed by atoms with van der Waals surface area (Å²) in [7, 11) is 0. The summed E-state index contributed by atoms with van der Waals surface area (Å²) in [6.07, 6.45) is 1.41. The van der Waals surface area contributed by atoms with Gasteiger partial charge in [-0.25, -0.2) is 0 Å². The third kappa shape index (κ3) is 2.78. The fraction of sp³-hybridized carbons (Fsp3) is 0.818. The van der Waals surface area contributed by atoms with Crippen molar-refractivity contribution < 1.29 is 9.59 Å². The standard InChI is InChI=1S/C11H20N2O2/c1-4-5-12-6-7-13-9(14)8-11(2,3)10(13)15/h12H,4-8H2,1-3H3. The Morgan fingerprint density at radius 1 is 1.33 bits per heavy atom. The monoisotopic (exact) mass is 212 g/mol. The highest BCUT2D eigenvalue weighted by molar-refractivity contribution is 6.05. The average Bonchev–Trinajstić information content (AvgIpc) is 2.33. The molecule has 1 heterocycles. The fourth-order valence-corrected chi connectivity index (χ4v) is 1.75. The molecule has 4 heteroatoms. The second kappa shape index (κ2) is 4.75. The van der Waals surface area contributed by atoms with E-state index in [0.29, 0.717) is 19.5 Å². The second-order valence-corrected chi connectivity index (χ2v) is 4.66. The molecule has 0 spiro atoms. The van der Waals surface area contributed by atoms with Gasteiger partial charge in [0.25, 0.3) is 0 Å². The number of nitrogens with one attached hydrogen (secondary N) is 1. The molecule has 0 aliphatic carbocycles. The number of rotatable bonds is 5. The molecule has 0 aromatic carbocycles. The van der Waals surface area contributed by atoms with Gasteiger partial charge in [-0.15, -0.1) is 0 Å². The van der Waals surface area contributed by atoms with Crippen LogP contribution in [0.4, 0.5) is 0 Å². The topological polar surface area (TPSA) is 49.4 Å². The SMILES string of the molecule is CCCNCCN1C(=O)CC(C)(C)C1=O. The first kappa shape index (κ1) is 12.2. The maximum atomic E-state index is 11.8. The smallest absolute Gasteiger partial charge is 0.235 e. The van der Waals surface area contributed by atoms with Gasteiger partial charge in [0.05, 0.1) is 5.41 Å². The number of hydrogen-bond donors (Lipinski definition) is 1. The molecule has 1 fully saturated rings. The zero-order chi connectivity index (χ0) is 11.5. The second-order valence-electron chi connectivity index (χ2n) is 4.66. The molecule has 0 aromatic rings. The first-order valence-corrected chi connectivity index (χ1v) is 5.54. The molecule has 1 N–H and O–H groups in total. The summed E-state index contributed by atoms with van der Waals surface area (Å²) < 4.78 is 0. The van der Waals surface area contributed by atoms with Crippen molar-refractivity contribution in [3.05, 3.63) is 0 Å². The Morgan fingerprint density at radius 3 is 2.47 bits per heavy atom. The summed E-state index contributed by atoms with van der Waals surface area (Å²) in [6, 6.07) is 0. The molecule has 0 bridgehead atoms. The van der Waals surface area contributed by atoms with Crippen molar-refractivity contribution in [1.82, 2.24) is 10.2 Å². The van der Waals surface area contributed by atoms with Crippen molar-refractivity contribution >= 4 is 11.8 Å². The van der Waals surface area contributed by atoms with Crippen LogP contribution >= 0.6 is 0 Å². The minimum Gasteiger partial charge on any atom is -0.315 e. The van der Waals surface area contributed by atoms with Crippen LogP contribution in [0.15, 0.2) is 0 Å². The Balaban J connectivity index is 2.42. The summed E-state index contributed by atoms with van der Waals surface area (Å²) >= 11 is 0. The Bertz CT molecular complexity index is 261. The summed E-state index contributed by atoms with van der Waals surface area (Å²) in [6.45, 7) is 7.86. The van der Waals surface area contributed by atoms with E-state index in [4.69, 9.17) is 0 Å². The molecule has 86 valence electrons. The number of likely N-dealkylation sites (tertiary alicyclic amines) is 1. The highest BCUT2D eigenvalue weighted by Gasteiger charge is 2.44. The molecular weight excluding hydrogens is 192 g/mol. The molecule has 2 amide bonds. The number of carbonyl (C=O) groups is 2. The van der Waals surface area contributed by atoms with Crippen LogP contribution < -0.4 is 5.32 Å². The van der Waals surface area contributed by atoms with E-state index in [9.17, 15) is 9.59 Å². The van der Waals surface area contributed by atoms with Gasteiger partial charge >= 0.3 is 0 Å². The number of nitrogens with zero attached hydrogens (tertiary/aromatic N) is 1. The maximum Gasteiger partial charge on any atom is 0.235 e. The predicted octanol–water partition coefficient (Wildman–Crippen LogP) is 0.771. The lowest BCUT2D eigenvalue weighted by atomic mass is 9.92. The molecule has 1 saturated heterocycles. The van der Waals surface area contributed by atoms with Gasteiger partial charge in [-0.1, -0.05) is 20.8 Å². The van der Waals surface area contributed by atoms with E-state index in [2.05, 4.69) is 12.2 Å². The highest BCUT2D eigenvalue weighted by Crippen LogP contribution is 2.31. The van der Waals surface area contributed by atoms with E-state index in [-0.39, 0.29) is 11.8 Å². The van der Waals surface area contributed by atoms with Crippen LogP contribution in [0.25, 0.3) is 0 Å². The third-order valence-electron chi connectivity index (χ3n) is 2.66. The minimum absolute atomic E-state index is 0.0363. The van der Waals surface area contributed by atoms with Crippen molar-refractivity contribution in [1.29, 1.82) is 0 Å². The lowest BCUT2D eigenvalue weighted by molar-refractivity contribution is -0.140. The quantitative estimate of drug-likeness (QED) is 0.541. The van der Waals surface area contributed by atoms with Gasteiger partial charge in [0, 0.05) is 19.5 Å². The van der Waals surface area contributed by atoms with E-state index in [1.54, 1.807) is 0 Å². The number of imide groups is 1. The summed E-state index contributed by atoms with van der Waals surface area (Å²) in [5.74, 6) is -0.0749. The van der Waals surface area contributed by atoms with Gasteiger partial charge in [-0.05, 0) is 13.0 Å². The van der Waals surface area contributed by atoms with Crippen LogP contribution in [0.3, 0.4) is 0 Å². The maximum absolute atomic E-state index is 11.8. The summed E-state index contributed by atoms with van der Waals surface area (Å²) in [5.41, 5.74) is -0.498. The van der Waals surface area contributed by atoms with Gasteiger partial charge in [0.2, 0.25) is 11.8 Å². The molecule has 1 aliphatic rings. The number of hydrogen-bond acceptors (Lipinski definition) is 3. The Morgan fingerprint density at radius 2 is 2.00 bits per heavy atom. The minimum atomic E-state index is -0.498. The third-order valence-corrected chi connectivity index (χ3v) is 2.66. The van der Waals surface area contributed by atoms with E-state index < -0.39 is 5.41 Å². The zero-order valence-electron chi connectivity index (χ0n) is 9.80. The highest BCUT2D eigenvalue weighted by atomic mass is 16.2. The molecule has 0 radical (unpaired) electrons. The van der Waals surface area contributed by atoms with E-state index in [0.717, 1.165) is 13.0 Å². The molecule has 15 heavy (non-hydrogen) atoms. The fourth-order valence-electron chi connectivity index (χ4n) is 1.75. The Hall–Kier alpha value is -0.900. The molecule has 0 unspecified atom stereocenters. The largest absolute Gasteiger partial charge is 0.315 e. The van der Waals surface area contributed by atoms with Gasteiger partial charge in [-0.2, -0.15) is 0 Å². The average molecular weight is 212 g/mol.